The third-order valence-corrected chi connectivity index (χ3v) is 5.24. The second kappa shape index (κ2) is 8.76. The Labute approximate surface area is 189 Å². The van der Waals surface area contributed by atoms with Gasteiger partial charge in [0.25, 0.3) is 11.7 Å². The van der Waals surface area contributed by atoms with Crippen molar-refractivity contribution >= 4 is 29.9 Å². The minimum Gasteiger partial charge on any atom is -0.507 e. The summed E-state index contributed by atoms with van der Waals surface area (Å²) in [6.07, 6.45) is 4.71. The minimum atomic E-state index is -0.872. The molecular formula is C23H19ClN2O6. The average molecular weight is 455 g/mol. The Kier molecular flexibility index (Phi) is 5.87. The van der Waals surface area contributed by atoms with Gasteiger partial charge in [-0.05, 0) is 42.0 Å². The third kappa shape index (κ3) is 3.69. The van der Waals surface area contributed by atoms with E-state index in [9.17, 15) is 14.7 Å². The van der Waals surface area contributed by atoms with Crippen LogP contribution in [0, 0.1) is 0 Å². The first-order chi connectivity index (χ1) is 15.1. The van der Waals surface area contributed by atoms with Crippen LogP contribution in [0.3, 0.4) is 0 Å². The number of ether oxygens (including phenoxy) is 2. The molecule has 8 nitrogen and oxygen atoms in total. The molecule has 4 heterocycles. The maximum Gasteiger partial charge on any atom is 0.296 e. The maximum absolute atomic E-state index is 13.0. The summed E-state index contributed by atoms with van der Waals surface area (Å²) >= 11 is 0. The molecule has 2 aliphatic heterocycles. The Bertz CT molecular complexity index is 1180. The van der Waals surface area contributed by atoms with Gasteiger partial charge >= 0.3 is 0 Å². The number of ketones is 1. The highest BCUT2D eigenvalue weighted by Gasteiger charge is 2.47. The van der Waals surface area contributed by atoms with Crippen LogP contribution in [0.25, 0.3) is 5.76 Å². The van der Waals surface area contributed by atoms with Gasteiger partial charge in [-0.2, -0.15) is 0 Å². The molecule has 1 fully saturated rings. The van der Waals surface area contributed by atoms with Gasteiger partial charge in [0.05, 0.1) is 11.8 Å². The number of aromatic nitrogens is 1. The first kappa shape index (κ1) is 21.5. The van der Waals surface area contributed by atoms with Crippen molar-refractivity contribution in [2.24, 2.45) is 0 Å². The second-order valence-corrected chi connectivity index (χ2v) is 7.16. The van der Waals surface area contributed by atoms with Gasteiger partial charge in [-0.1, -0.05) is 6.07 Å². The molecule has 1 unspecified atom stereocenters. The van der Waals surface area contributed by atoms with Crippen molar-refractivity contribution in [2.45, 2.75) is 12.6 Å². The number of halogens is 1. The SMILES string of the molecule is Cl.O=C1C(=O)N(Cc2cccnc2)C(c2ccco2)/C1=C(\O)c1ccc2c(c1)OCCO2. The van der Waals surface area contributed by atoms with Crippen LogP contribution < -0.4 is 9.47 Å². The molecule has 1 amide bonds. The highest BCUT2D eigenvalue weighted by molar-refractivity contribution is 6.46. The number of rotatable bonds is 4. The van der Waals surface area contributed by atoms with Gasteiger partial charge < -0.3 is 23.9 Å². The smallest absolute Gasteiger partial charge is 0.296 e. The van der Waals surface area contributed by atoms with Crippen molar-refractivity contribution in [3.05, 3.63) is 83.6 Å². The fourth-order valence-electron chi connectivity index (χ4n) is 3.82. The van der Waals surface area contributed by atoms with Crippen LogP contribution in [0.5, 0.6) is 11.5 Å². The molecule has 32 heavy (non-hydrogen) atoms. The molecule has 1 saturated heterocycles. The second-order valence-electron chi connectivity index (χ2n) is 7.16. The number of carbonyl (C=O) groups excluding carboxylic acids is 2. The van der Waals surface area contributed by atoms with Crippen molar-refractivity contribution in [1.82, 2.24) is 9.88 Å². The molecule has 3 aromatic rings. The van der Waals surface area contributed by atoms with Crippen molar-refractivity contribution in [3.8, 4) is 11.5 Å². The summed E-state index contributed by atoms with van der Waals surface area (Å²) in [6.45, 7) is 0.969. The number of fused-ring (bicyclic) bond motifs is 1. The number of furan rings is 1. The minimum absolute atomic E-state index is 0. The molecule has 0 spiro atoms. The first-order valence-electron chi connectivity index (χ1n) is 9.74. The molecule has 0 radical (unpaired) electrons. The number of aliphatic hydroxyl groups is 1. The molecule has 0 saturated carbocycles. The van der Waals surface area contributed by atoms with Gasteiger partial charge in [0.1, 0.15) is 30.8 Å². The largest absolute Gasteiger partial charge is 0.507 e. The van der Waals surface area contributed by atoms with Gasteiger partial charge in [-0.25, -0.2) is 0 Å². The summed E-state index contributed by atoms with van der Waals surface area (Å²) < 4.78 is 16.6. The summed E-state index contributed by atoms with van der Waals surface area (Å²) in [5.41, 5.74) is 1.06. The van der Waals surface area contributed by atoms with Crippen LogP contribution in [0.1, 0.15) is 22.9 Å². The Morgan fingerprint density at radius 1 is 1.09 bits per heavy atom. The highest BCUT2D eigenvalue weighted by Crippen LogP contribution is 2.41. The number of Topliss-reactive ketones (excluding diaryl/α,β-unsaturated/α-hetero) is 1. The van der Waals surface area contributed by atoms with Crippen LogP contribution >= 0.6 is 12.4 Å². The lowest BCUT2D eigenvalue weighted by atomic mass is 9.99. The van der Waals surface area contributed by atoms with E-state index >= 15 is 0 Å². The summed E-state index contributed by atoms with van der Waals surface area (Å²) in [5, 5.41) is 11.1. The van der Waals surface area contributed by atoms with E-state index < -0.39 is 17.7 Å². The lowest BCUT2D eigenvalue weighted by Gasteiger charge is -2.23. The molecule has 1 aromatic carbocycles. The van der Waals surface area contributed by atoms with E-state index in [-0.39, 0.29) is 30.3 Å². The average Bonchev–Trinajstić information content (AvgIpc) is 3.42. The maximum atomic E-state index is 13.0. The molecule has 1 atom stereocenters. The van der Waals surface area contributed by atoms with Crippen molar-refractivity contribution in [2.75, 3.05) is 13.2 Å². The predicted octanol–water partition coefficient (Wildman–Crippen LogP) is 3.49. The zero-order valence-corrected chi connectivity index (χ0v) is 17.6. The van der Waals surface area contributed by atoms with Crippen LogP contribution in [-0.4, -0.2) is 39.9 Å². The van der Waals surface area contributed by atoms with E-state index in [1.54, 1.807) is 48.8 Å². The molecule has 0 aliphatic carbocycles. The fraction of sp³-hybridized carbons (Fsp3) is 0.174. The van der Waals surface area contributed by atoms with Crippen LogP contribution in [-0.2, 0) is 16.1 Å². The topological polar surface area (TPSA) is 102 Å². The Balaban J connectivity index is 0.00000245. The Morgan fingerprint density at radius 2 is 1.91 bits per heavy atom. The van der Waals surface area contributed by atoms with Crippen LogP contribution in [0.4, 0.5) is 0 Å². The number of nitrogens with zero attached hydrogens (tertiary/aromatic N) is 2. The van der Waals surface area contributed by atoms with Crippen molar-refractivity contribution < 1.29 is 28.6 Å². The summed E-state index contributed by atoms with van der Waals surface area (Å²) in [4.78, 5) is 31.4. The van der Waals surface area contributed by atoms with Gasteiger partial charge in [-0.15, -0.1) is 12.4 Å². The zero-order valence-electron chi connectivity index (χ0n) is 16.8. The van der Waals surface area contributed by atoms with E-state index in [4.69, 9.17) is 13.9 Å². The summed E-state index contributed by atoms with van der Waals surface area (Å²) in [6, 6.07) is 10.9. The van der Waals surface area contributed by atoms with E-state index in [0.717, 1.165) is 5.56 Å². The Morgan fingerprint density at radius 3 is 2.62 bits per heavy atom. The van der Waals surface area contributed by atoms with E-state index in [1.807, 2.05) is 6.07 Å². The van der Waals surface area contributed by atoms with Crippen molar-refractivity contribution in [3.63, 3.8) is 0 Å². The van der Waals surface area contributed by atoms with E-state index in [2.05, 4.69) is 4.98 Å². The lowest BCUT2D eigenvalue weighted by molar-refractivity contribution is -0.140. The van der Waals surface area contributed by atoms with Gasteiger partial charge in [-0.3, -0.25) is 14.6 Å². The van der Waals surface area contributed by atoms with E-state index in [1.165, 1.54) is 11.2 Å². The fourth-order valence-corrected chi connectivity index (χ4v) is 3.82. The van der Waals surface area contributed by atoms with Gasteiger partial charge in [0.15, 0.2) is 11.5 Å². The molecule has 1 N–H and O–H groups in total. The zero-order chi connectivity index (χ0) is 21.4. The molecule has 0 bridgehead atoms. The number of aliphatic hydroxyl groups excluding tert-OH is 1. The number of amides is 1. The third-order valence-electron chi connectivity index (χ3n) is 5.24. The molecule has 2 aliphatic rings. The molecule has 164 valence electrons. The van der Waals surface area contributed by atoms with Crippen LogP contribution in [0.15, 0.2) is 71.1 Å². The first-order valence-corrected chi connectivity index (χ1v) is 9.74. The number of likely N-dealkylation sites (tertiary alicyclic amines) is 1. The van der Waals surface area contributed by atoms with Crippen LogP contribution in [0.2, 0.25) is 0 Å². The molecular weight excluding hydrogens is 436 g/mol. The number of hydrogen-bond acceptors (Lipinski definition) is 7. The number of benzene rings is 1. The van der Waals surface area contributed by atoms with Gasteiger partial charge in [0.2, 0.25) is 0 Å². The number of hydrogen-bond donors (Lipinski definition) is 1. The Hall–Kier alpha value is -3.78. The standard InChI is InChI=1S/C23H18N2O6.ClH/c26-21(15-5-6-16-18(11-15)31-10-9-30-16)19-20(17-4-2-8-29-17)25(23(28)22(19)27)13-14-3-1-7-24-12-14;/h1-8,11-12,20,26H,9-10,13H2;1H/b21-19+;. The monoisotopic (exact) mass is 454 g/mol. The lowest BCUT2D eigenvalue weighted by Crippen LogP contribution is -2.29. The summed E-state index contributed by atoms with van der Waals surface area (Å²) in [7, 11) is 0. The predicted molar refractivity (Wildman–Crippen MR) is 115 cm³/mol. The normalized spacial score (nSPS) is 19.0. The van der Waals surface area contributed by atoms with Crippen molar-refractivity contribution in [1.29, 1.82) is 0 Å². The van der Waals surface area contributed by atoms with E-state index in [0.29, 0.717) is 36.0 Å². The highest BCUT2D eigenvalue weighted by atomic mass is 35.5. The molecule has 5 rings (SSSR count). The summed E-state index contributed by atoms with van der Waals surface area (Å²) in [5.74, 6) is -0.397. The number of carbonyl (C=O) groups is 2. The molecule has 2 aromatic heterocycles. The number of pyridine rings is 1. The molecule has 9 heteroatoms. The quantitative estimate of drug-likeness (QED) is 0.365. The van der Waals surface area contributed by atoms with Gasteiger partial charge in [0, 0.05) is 24.5 Å².